The Labute approximate surface area is 167 Å². The van der Waals surface area contributed by atoms with Crippen LogP contribution < -0.4 is 4.72 Å². The van der Waals surface area contributed by atoms with Gasteiger partial charge >= 0.3 is 5.97 Å². The molecule has 3 N–H and O–H groups in total. The number of fused-ring (bicyclic) bond motifs is 1. The van der Waals surface area contributed by atoms with E-state index in [2.05, 4.69) is 25.6 Å². The van der Waals surface area contributed by atoms with Crippen LogP contribution in [0.1, 0.15) is 0 Å². The number of hydrogen-bond donors (Lipinski definition) is 3. The normalized spacial score (nSPS) is 11.4. The molecule has 140 valence electrons. The van der Waals surface area contributed by atoms with Gasteiger partial charge in [0.15, 0.2) is 0 Å². The van der Waals surface area contributed by atoms with Crippen molar-refractivity contribution in [1.29, 1.82) is 0 Å². The Balaban J connectivity index is 2.08. The Morgan fingerprint density at radius 2 is 1.93 bits per heavy atom. The molecule has 0 fully saturated rings. The van der Waals surface area contributed by atoms with E-state index in [0.29, 0.717) is 5.39 Å². The number of benzene rings is 2. The molecule has 0 unspecified atom stereocenters. The molecule has 0 saturated heterocycles. The standard InChI is InChI=1S/C17H13BrN2O5S2/c18-10-3-5-11(6-4-10)27(24,25)20-13-8-14(26-9-15(21)22)17(23)12-2-1-7-19-16(12)13/h1-8,20,23H,9H2,(H,21,22). The maximum Gasteiger partial charge on any atom is 0.313 e. The fraction of sp³-hybridized carbons (Fsp3) is 0.0588. The molecule has 1 aromatic heterocycles. The first kappa shape index (κ1) is 19.5. The molecule has 7 nitrogen and oxygen atoms in total. The molecule has 3 rings (SSSR count). The smallest absolute Gasteiger partial charge is 0.313 e. The Morgan fingerprint density at radius 1 is 1.22 bits per heavy atom. The van der Waals surface area contributed by atoms with Crippen molar-refractivity contribution >= 4 is 60.3 Å². The minimum absolute atomic E-state index is 0.0580. The Hall–Kier alpha value is -2.30. The van der Waals surface area contributed by atoms with Crippen molar-refractivity contribution in [2.45, 2.75) is 9.79 Å². The largest absolute Gasteiger partial charge is 0.506 e. The average molecular weight is 469 g/mol. The highest BCUT2D eigenvalue weighted by Gasteiger charge is 2.19. The van der Waals surface area contributed by atoms with E-state index in [-0.39, 0.29) is 32.5 Å². The highest BCUT2D eigenvalue weighted by molar-refractivity contribution is 9.10. The van der Waals surface area contributed by atoms with Crippen LogP contribution in [0, 0.1) is 0 Å². The van der Waals surface area contributed by atoms with Crippen molar-refractivity contribution in [1.82, 2.24) is 4.98 Å². The van der Waals surface area contributed by atoms with Gasteiger partial charge in [-0.25, -0.2) is 8.42 Å². The van der Waals surface area contributed by atoms with Crippen LogP contribution in [0.5, 0.6) is 5.75 Å². The number of nitrogens with one attached hydrogen (secondary N) is 1. The minimum Gasteiger partial charge on any atom is -0.506 e. The van der Waals surface area contributed by atoms with Crippen LogP contribution in [0.15, 0.2) is 62.9 Å². The van der Waals surface area contributed by atoms with Gasteiger partial charge < -0.3 is 10.2 Å². The fourth-order valence-corrected chi connectivity index (χ4v) is 4.40. The first-order valence-corrected chi connectivity index (χ1v) is 10.8. The molecule has 3 aromatic rings. The molecule has 0 bridgehead atoms. The lowest BCUT2D eigenvalue weighted by Crippen LogP contribution is -2.13. The van der Waals surface area contributed by atoms with Crippen LogP contribution in [0.25, 0.3) is 10.9 Å². The zero-order chi connectivity index (χ0) is 19.6. The quantitative estimate of drug-likeness (QED) is 0.373. The molecule has 27 heavy (non-hydrogen) atoms. The molecule has 0 aliphatic rings. The number of aromatic nitrogens is 1. The molecule has 2 aromatic carbocycles. The second-order valence-corrected chi connectivity index (χ2v) is 9.03. The molecule has 0 saturated carbocycles. The molecule has 10 heteroatoms. The van der Waals surface area contributed by atoms with Crippen molar-refractivity contribution in [3.8, 4) is 5.75 Å². The van der Waals surface area contributed by atoms with Crippen LogP contribution in [0.4, 0.5) is 5.69 Å². The average Bonchev–Trinajstić information content (AvgIpc) is 2.63. The third-order valence-electron chi connectivity index (χ3n) is 3.55. The number of hydrogen-bond acceptors (Lipinski definition) is 6. The van der Waals surface area contributed by atoms with Crippen LogP contribution in [-0.2, 0) is 14.8 Å². The van der Waals surface area contributed by atoms with Gasteiger partial charge in [-0.2, -0.15) is 0 Å². The summed E-state index contributed by atoms with van der Waals surface area (Å²) in [5.41, 5.74) is 0.412. The molecule has 0 atom stereocenters. The van der Waals surface area contributed by atoms with Gasteiger partial charge in [0.2, 0.25) is 0 Å². The lowest BCUT2D eigenvalue weighted by Gasteiger charge is -2.14. The Bertz CT molecular complexity index is 1120. The number of carboxylic acid groups (broad SMARTS) is 1. The molecular formula is C17H13BrN2O5S2. The minimum atomic E-state index is -3.90. The zero-order valence-electron chi connectivity index (χ0n) is 13.6. The number of halogens is 1. The molecule has 0 spiro atoms. The monoisotopic (exact) mass is 468 g/mol. The van der Waals surface area contributed by atoms with E-state index in [1.54, 1.807) is 24.3 Å². The zero-order valence-corrected chi connectivity index (χ0v) is 16.8. The number of phenols is 1. The summed E-state index contributed by atoms with van der Waals surface area (Å²) in [4.78, 5) is 15.3. The van der Waals surface area contributed by atoms with Crippen LogP contribution in [-0.4, -0.2) is 35.3 Å². The molecule has 0 amide bonds. The number of aromatic hydroxyl groups is 1. The maximum atomic E-state index is 12.7. The van der Waals surface area contributed by atoms with E-state index < -0.39 is 16.0 Å². The number of aliphatic carboxylic acids is 1. The number of thioether (sulfide) groups is 1. The molecule has 0 aliphatic heterocycles. The summed E-state index contributed by atoms with van der Waals surface area (Å²) < 4.78 is 28.6. The number of nitrogens with zero attached hydrogens (tertiary/aromatic N) is 1. The van der Waals surface area contributed by atoms with Crippen LogP contribution >= 0.6 is 27.7 Å². The third kappa shape index (κ3) is 4.34. The number of rotatable bonds is 6. The molecule has 0 radical (unpaired) electrons. The van der Waals surface area contributed by atoms with E-state index in [9.17, 15) is 18.3 Å². The highest BCUT2D eigenvalue weighted by atomic mass is 79.9. The second kappa shape index (κ2) is 7.75. The van der Waals surface area contributed by atoms with Crippen molar-refractivity contribution in [3.63, 3.8) is 0 Å². The fourth-order valence-electron chi connectivity index (χ4n) is 2.36. The predicted molar refractivity (Wildman–Crippen MR) is 107 cm³/mol. The number of carbonyl (C=O) groups is 1. The van der Waals surface area contributed by atoms with Gasteiger partial charge in [-0.1, -0.05) is 15.9 Å². The topological polar surface area (TPSA) is 117 Å². The summed E-state index contributed by atoms with van der Waals surface area (Å²) in [7, 11) is -3.90. The van der Waals surface area contributed by atoms with Gasteiger partial charge in [0, 0.05) is 16.1 Å². The predicted octanol–water partition coefficient (Wildman–Crippen LogP) is 3.68. The summed E-state index contributed by atoms with van der Waals surface area (Å²) in [6.45, 7) is 0. The highest BCUT2D eigenvalue weighted by Crippen LogP contribution is 2.39. The van der Waals surface area contributed by atoms with Crippen molar-refractivity contribution in [2.24, 2.45) is 0 Å². The summed E-state index contributed by atoms with van der Waals surface area (Å²) >= 11 is 4.14. The van der Waals surface area contributed by atoms with Crippen LogP contribution in [0.2, 0.25) is 0 Å². The number of anilines is 1. The van der Waals surface area contributed by atoms with Crippen molar-refractivity contribution in [3.05, 3.63) is 53.1 Å². The van der Waals surface area contributed by atoms with Gasteiger partial charge in [0.1, 0.15) is 5.75 Å². The van der Waals surface area contributed by atoms with Crippen molar-refractivity contribution < 1.29 is 23.4 Å². The van der Waals surface area contributed by atoms with Gasteiger partial charge in [-0.3, -0.25) is 14.5 Å². The first-order valence-electron chi connectivity index (χ1n) is 7.51. The van der Waals surface area contributed by atoms with Crippen LogP contribution in [0.3, 0.4) is 0 Å². The van der Waals surface area contributed by atoms with E-state index in [1.807, 2.05) is 0 Å². The Morgan fingerprint density at radius 3 is 2.59 bits per heavy atom. The lowest BCUT2D eigenvalue weighted by atomic mass is 10.2. The van der Waals surface area contributed by atoms with Gasteiger partial charge in [-0.05, 0) is 42.5 Å². The Kier molecular flexibility index (Phi) is 5.59. The summed E-state index contributed by atoms with van der Waals surface area (Å²) in [6, 6.07) is 10.7. The summed E-state index contributed by atoms with van der Waals surface area (Å²) in [5, 5.41) is 19.6. The summed E-state index contributed by atoms with van der Waals surface area (Å²) in [6.07, 6.45) is 1.48. The molecule has 1 heterocycles. The SMILES string of the molecule is O=C(O)CSc1cc(NS(=O)(=O)c2ccc(Br)cc2)c2ncccc2c1O. The molecular weight excluding hydrogens is 456 g/mol. The number of sulfonamides is 1. The van der Waals surface area contributed by atoms with E-state index >= 15 is 0 Å². The lowest BCUT2D eigenvalue weighted by molar-refractivity contribution is -0.133. The first-order chi connectivity index (χ1) is 12.8. The number of carboxylic acids is 1. The summed E-state index contributed by atoms with van der Waals surface area (Å²) in [5.74, 6) is -1.48. The van der Waals surface area contributed by atoms with Crippen molar-refractivity contribution in [2.75, 3.05) is 10.5 Å². The van der Waals surface area contributed by atoms with E-state index in [4.69, 9.17) is 5.11 Å². The number of pyridine rings is 1. The van der Waals surface area contributed by atoms with Gasteiger partial charge in [0.25, 0.3) is 10.0 Å². The maximum absolute atomic E-state index is 12.7. The number of phenolic OH excluding ortho intramolecular Hbond substituents is 1. The third-order valence-corrected chi connectivity index (χ3v) is 6.47. The second-order valence-electron chi connectivity index (χ2n) is 5.41. The van der Waals surface area contributed by atoms with E-state index in [1.165, 1.54) is 24.4 Å². The molecule has 0 aliphatic carbocycles. The van der Waals surface area contributed by atoms with E-state index in [0.717, 1.165) is 16.2 Å². The van der Waals surface area contributed by atoms with Gasteiger partial charge in [-0.15, -0.1) is 11.8 Å². The van der Waals surface area contributed by atoms with Gasteiger partial charge in [0.05, 0.1) is 26.7 Å².